The summed E-state index contributed by atoms with van der Waals surface area (Å²) in [5.41, 5.74) is 1.30. The van der Waals surface area contributed by atoms with Crippen LogP contribution in [0.5, 0.6) is 5.88 Å². The van der Waals surface area contributed by atoms with Gasteiger partial charge in [-0.15, -0.1) is 12.4 Å². The number of methoxy groups -OCH3 is 1. The Morgan fingerprint density at radius 1 is 1.46 bits per heavy atom. The number of ether oxygens (including phenoxy) is 1. The second-order valence-corrected chi connectivity index (χ2v) is 2.99. The molecule has 0 aromatic carbocycles. The number of rotatable bonds is 2. The number of nitrogens with one attached hydrogen (secondary N) is 1. The molecule has 2 heterocycles. The first-order valence-corrected chi connectivity index (χ1v) is 4.11. The zero-order valence-corrected chi connectivity index (χ0v) is 8.30. The van der Waals surface area contributed by atoms with E-state index in [1.165, 1.54) is 5.56 Å². The van der Waals surface area contributed by atoms with Crippen molar-refractivity contribution in [3.8, 4) is 5.88 Å². The summed E-state index contributed by atoms with van der Waals surface area (Å²) in [7, 11) is 1.63. The van der Waals surface area contributed by atoms with E-state index in [1.54, 1.807) is 7.11 Å². The largest absolute Gasteiger partial charge is 0.481 e. The van der Waals surface area contributed by atoms with Gasteiger partial charge in [-0.05, 0) is 5.56 Å². The van der Waals surface area contributed by atoms with Gasteiger partial charge in [-0.1, -0.05) is 6.07 Å². The Bertz CT molecular complexity index is 259. The molecule has 4 heteroatoms. The maximum Gasteiger partial charge on any atom is 0.212 e. The minimum Gasteiger partial charge on any atom is -0.481 e. The van der Waals surface area contributed by atoms with Gasteiger partial charge in [0.15, 0.2) is 0 Å². The van der Waals surface area contributed by atoms with Gasteiger partial charge in [-0.25, -0.2) is 4.98 Å². The van der Waals surface area contributed by atoms with Gasteiger partial charge in [0.1, 0.15) is 0 Å². The van der Waals surface area contributed by atoms with Crippen LogP contribution in [0.4, 0.5) is 0 Å². The molecule has 1 aliphatic heterocycles. The van der Waals surface area contributed by atoms with E-state index in [2.05, 4.69) is 16.4 Å². The smallest absolute Gasteiger partial charge is 0.212 e. The number of pyridine rings is 1. The summed E-state index contributed by atoms with van der Waals surface area (Å²) in [5, 5.41) is 3.23. The zero-order chi connectivity index (χ0) is 8.39. The van der Waals surface area contributed by atoms with Crippen molar-refractivity contribution in [2.24, 2.45) is 0 Å². The van der Waals surface area contributed by atoms with E-state index in [0.29, 0.717) is 11.8 Å². The molecule has 3 nitrogen and oxygen atoms in total. The van der Waals surface area contributed by atoms with Gasteiger partial charge < -0.3 is 10.1 Å². The van der Waals surface area contributed by atoms with Gasteiger partial charge in [0.2, 0.25) is 5.88 Å². The standard InChI is InChI=1S/C9H12N2O.ClH/c1-12-9-3-2-7(6-11-9)8-4-10-5-8;/h2-3,6,8,10H,4-5H2,1H3;1H. The monoisotopic (exact) mass is 200 g/mol. The van der Waals surface area contributed by atoms with Crippen molar-refractivity contribution in [3.05, 3.63) is 23.9 Å². The van der Waals surface area contributed by atoms with Crippen LogP contribution in [0.1, 0.15) is 11.5 Å². The molecule has 0 bridgehead atoms. The van der Waals surface area contributed by atoms with Crippen molar-refractivity contribution in [1.82, 2.24) is 10.3 Å². The maximum atomic E-state index is 4.97. The van der Waals surface area contributed by atoms with Crippen LogP contribution in [-0.4, -0.2) is 25.2 Å². The first-order chi connectivity index (χ1) is 5.90. The topological polar surface area (TPSA) is 34.1 Å². The summed E-state index contributed by atoms with van der Waals surface area (Å²) in [4.78, 5) is 4.15. The van der Waals surface area contributed by atoms with Crippen LogP contribution in [0.2, 0.25) is 0 Å². The van der Waals surface area contributed by atoms with Gasteiger partial charge >= 0.3 is 0 Å². The highest BCUT2D eigenvalue weighted by Gasteiger charge is 2.18. The third kappa shape index (κ3) is 2.11. The number of aromatic nitrogens is 1. The van der Waals surface area contributed by atoms with Crippen LogP contribution in [0.15, 0.2) is 18.3 Å². The lowest BCUT2D eigenvalue weighted by atomic mass is 9.95. The van der Waals surface area contributed by atoms with Crippen molar-refractivity contribution in [2.45, 2.75) is 5.92 Å². The molecular weight excluding hydrogens is 188 g/mol. The summed E-state index contributed by atoms with van der Waals surface area (Å²) in [6.07, 6.45) is 1.89. The van der Waals surface area contributed by atoms with Gasteiger partial charge in [0.25, 0.3) is 0 Å². The Balaban J connectivity index is 0.000000845. The zero-order valence-electron chi connectivity index (χ0n) is 7.49. The Morgan fingerprint density at radius 2 is 2.23 bits per heavy atom. The first-order valence-electron chi connectivity index (χ1n) is 4.11. The molecule has 2 rings (SSSR count). The molecule has 13 heavy (non-hydrogen) atoms. The second-order valence-electron chi connectivity index (χ2n) is 2.99. The Morgan fingerprint density at radius 3 is 2.62 bits per heavy atom. The molecule has 1 fully saturated rings. The molecule has 1 aliphatic rings. The molecule has 1 aromatic heterocycles. The highest BCUT2D eigenvalue weighted by molar-refractivity contribution is 5.85. The van der Waals surface area contributed by atoms with E-state index in [0.717, 1.165) is 13.1 Å². The van der Waals surface area contributed by atoms with Gasteiger partial charge in [0.05, 0.1) is 7.11 Å². The summed E-state index contributed by atoms with van der Waals surface area (Å²) >= 11 is 0. The fraction of sp³-hybridized carbons (Fsp3) is 0.444. The highest BCUT2D eigenvalue weighted by atomic mass is 35.5. The fourth-order valence-corrected chi connectivity index (χ4v) is 1.28. The van der Waals surface area contributed by atoms with Gasteiger partial charge in [-0.2, -0.15) is 0 Å². The SMILES string of the molecule is COc1ccc(C2CNC2)cn1.Cl. The van der Waals surface area contributed by atoms with Crippen molar-refractivity contribution in [2.75, 3.05) is 20.2 Å². The normalized spacial score (nSPS) is 15.8. The summed E-state index contributed by atoms with van der Waals surface area (Å²) in [6.45, 7) is 2.15. The number of hydrogen-bond donors (Lipinski definition) is 1. The summed E-state index contributed by atoms with van der Waals surface area (Å²) in [6, 6.07) is 3.99. The third-order valence-corrected chi connectivity index (χ3v) is 2.22. The predicted molar refractivity (Wildman–Crippen MR) is 53.6 cm³/mol. The van der Waals surface area contributed by atoms with Crippen molar-refractivity contribution in [3.63, 3.8) is 0 Å². The molecule has 0 aliphatic carbocycles. The van der Waals surface area contributed by atoms with Crippen LogP contribution in [0.3, 0.4) is 0 Å². The second kappa shape index (κ2) is 4.44. The molecule has 72 valence electrons. The van der Waals surface area contributed by atoms with Gasteiger partial charge in [0, 0.05) is 31.3 Å². The van der Waals surface area contributed by atoms with Crippen LogP contribution in [0, 0.1) is 0 Å². The van der Waals surface area contributed by atoms with E-state index in [4.69, 9.17) is 4.74 Å². The number of halogens is 1. The summed E-state index contributed by atoms with van der Waals surface area (Å²) in [5.74, 6) is 1.34. The fourth-order valence-electron chi connectivity index (χ4n) is 1.28. The number of hydrogen-bond acceptors (Lipinski definition) is 3. The average molecular weight is 201 g/mol. The van der Waals surface area contributed by atoms with Crippen LogP contribution >= 0.6 is 12.4 Å². The summed E-state index contributed by atoms with van der Waals surface area (Å²) < 4.78 is 4.97. The molecule has 0 atom stereocenters. The molecule has 1 saturated heterocycles. The van der Waals surface area contributed by atoms with E-state index >= 15 is 0 Å². The van der Waals surface area contributed by atoms with E-state index in [9.17, 15) is 0 Å². The van der Waals surface area contributed by atoms with E-state index < -0.39 is 0 Å². The Kier molecular flexibility index (Phi) is 3.51. The minimum absolute atomic E-state index is 0. The molecule has 0 radical (unpaired) electrons. The minimum atomic E-state index is 0. The maximum absolute atomic E-state index is 4.97. The molecular formula is C9H13ClN2O. The van der Waals surface area contributed by atoms with Crippen LogP contribution < -0.4 is 10.1 Å². The molecule has 0 saturated carbocycles. The van der Waals surface area contributed by atoms with Crippen molar-refractivity contribution < 1.29 is 4.74 Å². The predicted octanol–water partition coefficient (Wildman–Crippen LogP) is 1.20. The number of nitrogens with zero attached hydrogens (tertiary/aromatic N) is 1. The van der Waals surface area contributed by atoms with Gasteiger partial charge in [-0.3, -0.25) is 0 Å². The quantitative estimate of drug-likeness (QED) is 0.779. The lowest BCUT2D eigenvalue weighted by molar-refractivity contribution is 0.395. The lowest BCUT2D eigenvalue weighted by Crippen LogP contribution is -2.39. The van der Waals surface area contributed by atoms with E-state index in [1.807, 2.05) is 12.3 Å². The Hall–Kier alpha value is -0.800. The molecule has 1 aromatic rings. The lowest BCUT2D eigenvalue weighted by Gasteiger charge is -2.27. The molecule has 1 N–H and O–H groups in total. The molecule has 0 unspecified atom stereocenters. The molecule has 0 amide bonds. The highest BCUT2D eigenvalue weighted by Crippen LogP contribution is 2.19. The first kappa shape index (κ1) is 10.3. The Labute approximate surface area is 83.9 Å². The average Bonchev–Trinajstić information content (AvgIpc) is 2.03. The van der Waals surface area contributed by atoms with Crippen molar-refractivity contribution >= 4 is 12.4 Å². The van der Waals surface area contributed by atoms with Crippen LogP contribution in [0.25, 0.3) is 0 Å². The van der Waals surface area contributed by atoms with Crippen molar-refractivity contribution in [1.29, 1.82) is 0 Å². The molecule has 0 spiro atoms. The van der Waals surface area contributed by atoms with E-state index in [-0.39, 0.29) is 12.4 Å². The third-order valence-electron chi connectivity index (χ3n) is 2.22. The van der Waals surface area contributed by atoms with Crippen LogP contribution in [-0.2, 0) is 0 Å².